The SMILES string of the molecule is CCOC(=O)[C@H]1[C@@H]2CC[C@@H](O)/C=C\C[C@@H]21. The molecule has 2 aliphatic rings. The van der Waals surface area contributed by atoms with Crippen molar-refractivity contribution in [3.8, 4) is 0 Å². The van der Waals surface area contributed by atoms with Crippen molar-refractivity contribution in [1.82, 2.24) is 0 Å². The van der Waals surface area contributed by atoms with Crippen LogP contribution in [0.25, 0.3) is 0 Å². The summed E-state index contributed by atoms with van der Waals surface area (Å²) in [5.41, 5.74) is 0. The zero-order chi connectivity index (χ0) is 10.8. The maximum Gasteiger partial charge on any atom is 0.309 e. The number of hydrogen-bond acceptors (Lipinski definition) is 3. The van der Waals surface area contributed by atoms with Gasteiger partial charge in [-0.15, -0.1) is 0 Å². The molecule has 0 aromatic rings. The Hall–Kier alpha value is -0.830. The predicted molar refractivity (Wildman–Crippen MR) is 56.1 cm³/mol. The van der Waals surface area contributed by atoms with Gasteiger partial charge in [0.15, 0.2) is 0 Å². The van der Waals surface area contributed by atoms with Gasteiger partial charge in [0.05, 0.1) is 18.6 Å². The van der Waals surface area contributed by atoms with Crippen molar-refractivity contribution in [2.24, 2.45) is 17.8 Å². The first-order valence-corrected chi connectivity index (χ1v) is 5.75. The topological polar surface area (TPSA) is 46.5 Å². The molecular formula is C12H18O3. The largest absolute Gasteiger partial charge is 0.466 e. The highest BCUT2D eigenvalue weighted by Crippen LogP contribution is 2.53. The van der Waals surface area contributed by atoms with E-state index in [1.165, 1.54) is 0 Å². The number of allylic oxidation sites excluding steroid dienone is 1. The molecule has 0 aliphatic heterocycles. The van der Waals surface area contributed by atoms with Crippen LogP contribution in [-0.4, -0.2) is 23.8 Å². The zero-order valence-electron chi connectivity index (χ0n) is 9.06. The van der Waals surface area contributed by atoms with Gasteiger partial charge >= 0.3 is 5.97 Å². The lowest BCUT2D eigenvalue weighted by atomic mass is 10.0. The molecule has 4 atom stereocenters. The van der Waals surface area contributed by atoms with Gasteiger partial charge in [-0.2, -0.15) is 0 Å². The Balaban J connectivity index is 1.93. The lowest BCUT2D eigenvalue weighted by Crippen LogP contribution is -2.09. The highest BCUT2D eigenvalue weighted by Gasteiger charge is 2.54. The first-order chi connectivity index (χ1) is 7.24. The van der Waals surface area contributed by atoms with Crippen molar-refractivity contribution in [1.29, 1.82) is 0 Å². The maximum absolute atomic E-state index is 11.6. The molecule has 1 N–H and O–H groups in total. The second-order valence-corrected chi connectivity index (χ2v) is 4.41. The van der Waals surface area contributed by atoms with E-state index in [1.54, 1.807) is 0 Å². The standard InChI is InChI=1S/C12H18O3/c1-2-15-12(14)11-9-5-3-4-8(13)6-7-10(9)11/h3-4,8-11,13H,2,5-7H2,1H3/b4-3-/t8-,9-,10+,11+/m0/s1. The number of carbonyl (C=O) groups is 1. The van der Waals surface area contributed by atoms with Gasteiger partial charge in [0.25, 0.3) is 0 Å². The number of carbonyl (C=O) groups excluding carboxylic acids is 1. The van der Waals surface area contributed by atoms with Crippen LogP contribution in [0.2, 0.25) is 0 Å². The Labute approximate surface area is 90.1 Å². The van der Waals surface area contributed by atoms with E-state index in [2.05, 4.69) is 0 Å². The predicted octanol–water partition coefficient (Wildman–Crippen LogP) is 1.51. The number of ether oxygens (including phenoxy) is 1. The van der Waals surface area contributed by atoms with Crippen LogP contribution in [0.5, 0.6) is 0 Å². The summed E-state index contributed by atoms with van der Waals surface area (Å²) in [4.78, 5) is 11.6. The van der Waals surface area contributed by atoms with Gasteiger partial charge in [-0.05, 0) is 38.0 Å². The molecule has 0 spiro atoms. The molecule has 0 saturated heterocycles. The van der Waals surface area contributed by atoms with Gasteiger partial charge in [0, 0.05) is 0 Å². The molecule has 0 radical (unpaired) electrons. The first-order valence-electron chi connectivity index (χ1n) is 5.75. The molecular weight excluding hydrogens is 192 g/mol. The number of fused-ring (bicyclic) bond motifs is 1. The molecule has 15 heavy (non-hydrogen) atoms. The fourth-order valence-corrected chi connectivity index (χ4v) is 2.60. The second-order valence-electron chi connectivity index (χ2n) is 4.41. The summed E-state index contributed by atoms with van der Waals surface area (Å²) >= 11 is 0. The van der Waals surface area contributed by atoms with E-state index < -0.39 is 0 Å². The molecule has 0 aromatic carbocycles. The maximum atomic E-state index is 11.6. The first kappa shape index (κ1) is 10.7. The van der Waals surface area contributed by atoms with Crippen LogP contribution in [0.15, 0.2) is 12.2 Å². The van der Waals surface area contributed by atoms with Crippen molar-refractivity contribution >= 4 is 5.97 Å². The van der Waals surface area contributed by atoms with Crippen molar-refractivity contribution in [2.45, 2.75) is 32.3 Å². The Morgan fingerprint density at radius 3 is 3.00 bits per heavy atom. The molecule has 84 valence electrons. The van der Waals surface area contributed by atoms with Crippen LogP contribution < -0.4 is 0 Å². The molecule has 0 amide bonds. The third-order valence-corrected chi connectivity index (χ3v) is 3.45. The molecule has 2 rings (SSSR count). The normalized spacial score (nSPS) is 40.9. The average molecular weight is 210 g/mol. The Bertz CT molecular complexity index is 272. The average Bonchev–Trinajstić information content (AvgIpc) is 2.85. The molecule has 0 unspecified atom stereocenters. The smallest absolute Gasteiger partial charge is 0.309 e. The summed E-state index contributed by atoms with van der Waals surface area (Å²) in [5.74, 6) is 0.966. The van der Waals surface area contributed by atoms with E-state index in [1.807, 2.05) is 19.1 Å². The highest BCUT2D eigenvalue weighted by atomic mass is 16.5. The van der Waals surface area contributed by atoms with E-state index in [0.717, 1.165) is 19.3 Å². The minimum absolute atomic E-state index is 0.0442. The lowest BCUT2D eigenvalue weighted by Gasteiger charge is -2.07. The Morgan fingerprint density at radius 1 is 1.47 bits per heavy atom. The van der Waals surface area contributed by atoms with Crippen LogP contribution in [0.4, 0.5) is 0 Å². The summed E-state index contributed by atoms with van der Waals surface area (Å²) in [6.45, 7) is 2.30. The minimum Gasteiger partial charge on any atom is -0.466 e. The van der Waals surface area contributed by atoms with Crippen molar-refractivity contribution in [2.75, 3.05) is 6.61 Å². The molecule has 1 saturated carbocycles. The molecule has 0 bridgehead atoms. The molecule has 0 aromatic heterocycles. The van der Waals surface area contributed by atoms with E-state index in [9.17, 15) is 9.90 Å². The van der Waals surface area contributed by atoms with Crippen LogP contribution in [0.1, 0.15) is 26.2 Å². The van der Waals surface area contributed by atoms with Gasteiger partial charge < -0.3 is 9.84 Å². The molecule has 2 aliphatic carbocycles. The van der Waals surface area contributed by atoms with E-state index in [-0.39, 0.29) is 18.0 Å². The summed E-state index contributed by atoms with van der Waals surface area (Å²) in [6.07, 6.45) is 6.14. The van der Waals surface area contributed by atoms with Gasteiger partial charge in [-0.3, -0.25) is 4.79 Å². The number of esters is 1. The van der Waals surface area contributed by atoms with Gasteiger partial charge in [0.2, 0.25) is 0 Å². The van der Waals surface area contributed by atoms with E-state index in [0.29, 0.717) is 18.4 Å². The van der Waals surface area contributed by atoms with Gasteiger partial charge in [-0.25, -0.2) is 0 Å². The summed E-state index contributed by atoms with van der Waals surface area (Å²) in [5, 5.41) is 9.48. The second kappa shape index (κ2) is 4.35. The number of rotatable bonds is 2. The lowest BCUT2D eigenvalue weighted by molar-refractivity contribution is -0.145. The van der Waals surface area contributed by atoms with Crippen LogP contribution in [0, 0.1) is 17.8 Å². The van der Waals surface area contributed by atoms with E-state index in [4.69, 9.17) is 4.74 Å². The van der Waals surface area contributed by atoms with Gasteiger partial charge in [0.1, 0.15) is 0 Å². The third kappa shape index (κ3) is 2.23. The van der Waals surface area contributed by atoms with Gasteiger partial charge in [-0.1, -0.05) is 12.2 Å². The molecule has 0 heterocycles. The fraction of sp³-hybridized carbons (Fsp3) is 0.750. The minimum atomic E-state index is -0.325. The quantitative estimate of drug-likeness (QED) is 0.555. The van der Waals surface area contributed by atoms with Crippen LogP contribution >= 0.6 is 0 Å². The summed E-state index contributed by atoms with van der Waals surface area (Å²) in [6, 6.07) is 0. The molecule has 3 nitrogen and oxygen atoms in total. The Kier molecular flexibility index (Phi) is 3.10. The van der Waals surface area contributed by atoms with Crippen molar-refractivity contribution in [3.05, 3.63) is 12.2 Å². The van der Waals surface area contributed by atoms with Crippen LogP contribution in [0.3, 0.4) is 0 Å². The Morgan fingerprint density at radius 2 is 2.27 bits per heavy atom. The van der Waals surface area contributed by atoms with E-state index >= 15 is 0 Å². The monoisotopic (exact) mass is 210 g/mol. The highest BCUT2D eigenvalue weighted by molar-refractivity contribution is 5.76. The molecule has 3 heteroatoms. The zero-order valence-corrected chi connectivity index (χ0v) is 9.06. The molecule has 1 fully saturated rings. The van der Waals surface area contributed by atoms with Crippen molar-refractivity contribution in [3.63, 3.8) is 0 Å². The number of aliphatic hydroxyl groups excluding tert-OH is 1. The summed E-state index contributed by atoms with van der Waals surface area (Å²) in [7, 11) is 0. The summed E-state index contributed by atoms with van der Waals surface area (Å²) < 4.78 is 5.04. The third-order valence-electron chi connectivity index (χ3n) is 3.45. The number of hydrogen-bond donors (Lipinski definition) is 1. The van der Waals surface area contributed by atoms with Crippen molar-refractivity contribution < 1.29 is 14.6 Å². The number of aliphatic hydroxyl groups is 1. The fourth-order valence-electron chi connectivity index (χ4n) is 2.60. The van der Waals surface area contributed by atoms with Crippen LogP contribution in [-0.2, 0) is 9.53 Å².